The zero-order chi connectivity index (χ0) is 13.2. The predicted octanol–water partition coefficient (Wildman–Crippen LogP) is 3.66. The zero-order valence-corrected chi connectivity index (χ0v) is 12.4. The van der Waals surface area contributed by atoms with Gasteiger partial charge >= 0.3 is 0 Å². The average Bonchev–Trinajstić information content (AvgIpc) is 2.22. The summed E-state index contributed by atoms with van der Waals surface area (Å²) >= 11 is 8.89. The van der Waals surface area contributed by atoms with Crippen LogP contribution in [0.4, 0.5) is 4.39 Å². The molecular formula is C12H16BrClFNO. The minimum atomic E-state index is -0.917. The van der Waals surface area contributed by atoms with Crippen LogP contribution >= 0.6 is 27.5 Å². The molecule has 2 N–H and O–H groups in total. The van der Waals surface area contributed by atoms with Crippen LogP contribution in [0, 0.1) is 5.82 Å². The van der Waals surface area contributed by atoms with Crippen LogP contribution in [0.1, 0.15) is 32.4 Å². The summed E-state index contributed by atoms with van der Waals surface area (Å²) in [6, 6.07) is 3.15. The highest BCUT2D eigenvalue weighted by Crippen LogP contribution is 2.30. The molecule has 1 unspecified atom stereocenters. The third kappa shape index (κ3) is 4.21. The molecule has 0 heterocycles. The van der Waals surface area contributed by atoms with Gasteiger partial charge in [-0.1, -0.05) is 17.7 Å². The summed E-state index contributed by atoms with van der Waals surface area (Å²) in [5, 5.41) is 13.0. The molecule has 0 aliphatic heterocycles. The molecule has 1 atom stereocenters. The maximum absolute atomic E-state index is 13.8. The molecular weight excluding hydrogens is 308 g/mol. The molecule has 1 rings (SSSR count). The molecule has 0 aliphatic rings. The van der Waals surface area contributed by atoms with Crippen LogP contribution in [0.2, 0.25) is 5.02 Å². The first kappa shape index (κ1) is 14.9. The van der Waals surface area contributed by atoms with Crippen molar-refractivity contribution in [1.82, 2.24) is 5.32 Å². The van der Waals surface area contributed by atoms with Crippen molar-refractivity contribution in [3.8, 4) is 0 Å². The number of aliphatic hydroxyl groups excluding tert-OH is 1. The van der Waals surface area contributed by atoms with Gasteiger partial charge in [0.05, 0.1) is 11.1 Å². The van der Waals surface area contributed by atoms with Crippen LogP contribution in [-0.2, 0) is 0 Å². The minimum Gasteiger partial charge on any atom is -0.387 e. The van der Waals surface area contributed by atoms with Gasteiger partial charge in [-0.3, -0.25) is 0 Å². The highest BCUT2D eigenvalue weighted by Gasteiger charge is 2.19. The lowest BCUT2D eigenvalue weighted by Crippen LogP contribution is -2.38. The summed E-state index contributed by atoms with van der Waals surface area (Å²) < 4.78 is 14.3. The summed E-state index contributed by atoms with van der Waals surface area (Å²) in [6.07, 6.45) is -0.917. The Balaban J connectivity index is 2.83. The normalized spacial score (nSPS) is 13.8. The van der Waals surface area contributed by atoms with Gasteiger partial charge in [0.15, 0.2) is 0 Å². The molecule has 17 heavy (non-hydrogen) atoms. The van der Waals surface area contributed by atoms with Gasteiger partial charge in [-0.25, -0.2) is 4.39 Å². The first-order valence-corrected chi connectivity index (χ1v) is 6.46. The van der Waals surface area contributed by atoms with Gasteiger partial charge in [-0.2, -0.15) is 0 Å². The quantitative estimate of drug-likeness (QED) is 0.832. The second-order valence-electron chi connectivity index (χ2n) is 4.91. The van der Waals surface area contributed by atoms with Gasteiger partial charge in [0.25, 0.3) is 0 Å². The number of hydrogen-bond acceptors (Lipinski definition) is 2. The predicted molar refractivity (Wildman–Crippen MR) is 71.8 cm³/mol. The molecule has 0 fully saturated rings. The van der Waals surface area contributed by atoms with Crippen molar-refractivity contribution in [2.75, 3.05) is 6.54 Å². The first-order valence-electron chi connectivity index (χ1n) is 5.29. The Morgan fingerprint density at radius 1 is 1.47 bits per heavy atom. The standard InChI is InChI=1S/C12H16BrClFNO/c1-12(2,3)16-6-9(17)7-4-5-8(13)10(14)11(7)15/h4-5,9,16-17H,6H2,1-3H3. The molecule has 1 aromatic carbocycles. The minimum absolute atomic E-state index is 0.00249. The third-order valence-electron chi connectivity index (χ3n) is 2.25. The molecule has 0 aliphatic carbocycles. The molecule has 0 aromatic heterocycles. The van der Waals surface area contributed by atoms with Crippen molar-refractivity contribution >= 4 is 27.5 Å². The lowest BCUT2D eigenvalue weighted by atomic mass is 10.1. The van der Waals surface area contributed by atoms with E-state index in [2.05, 4.69) is 21.2 Å². The van der Waals surface area contributed by atoms with E-state index in [0.29, 0.717) is 4.47 Å². The molecule has 0 spiro atoms. The molecule has 0 bridgehead atoms. The topological polar surface area (TPSA) is 32.3 Å². The van der Waals surface area contributed by atoms with E-state index in [1.165, 1.54) is 6.07 Å². The van der Waals surface area contributed by atoms with E-state index >= 15 is 0 Å². The Labute approximate surface area is 114 Å². The first-order chi connectivity index (χ1) is 7.72. The average molecular weight is 325 g/mol. The van der Waals surface area contributed by atoms with Crippen LogP contribution < -0.4 is 5.32 Å². The van der Waals surface area contributed by atoms with Crippen molar-refractivity contribution in [2.24, 2.45) is 0 Å². The van der Waals surface area contributed by atoms with Gasteiger partial charge in [0.2, 0.25) is 0 Å². The second kappa shape index (κ2) is 5.65. The second-order valence-corrected chi connectivity index (χ2v) is 6.14. The maximum atomic E-state index is 13.8. The Morgan fingerprint density at radius 3 is 2.59 bits per heavy atom. The fraction of sp³-hybridized carbons (Fsp3) is 0.500. The molecule has 1 aromatic rings. The lowest BCUT2D eigenvalue weighted by Gasteiger charge is -2.23. The zero-order valence-electron chi connectivity index (χ0n) is 10.0. The van der Waals surface area contributed by atoms with Crippen molar-refractivity contribution in [3.05, 3.63) is 33.0 Å². The molecule has 0 radical (unpaired) electrons. The third-order valence-corrected chi connectivity index (χ3v) is 3.51. The van der Waals surface area contributed by atoms with E-state index in [4.69, 9.17) is 11.6 Å². The maximum Gasteiger partial charge on any atom is 0.148 e. The molecule has 96 valence electrons. The van der Waals surface area contributed by atoms with E-state index in [-0.39, 0.29) is 22.7 Å². The summed E-state index contributed by atoms with van der Waals surface area (Å²) in [4.78, 5) is 0. The van der Waals surface area contributed by atoms with Crippen LogP contribution in [-0.4, -0.2) is 17.2 Å². The van der Waals surface area contributed by atoms with Crippen molar-refractivity contribution in [3.63, 3.8) is 0 Å². The number of aliphatic hydroxyl groups is 1. The number of rotatable bonds is 3. The van der Waals surface area contributed by atoms with Crippen LogP contribution in [0.15, 0.2) is 16.6 Å². The van der Waals surface area contributed by atoms with E-state index in [0.717, 1.165) is 0 Å². The fourth-order valence-electron chi connectivity index (χ4n) is 1.31. The molecule has 0 saturated heterocycles. The Morgan fingerprint density at radius 2 is 2.06 bits per heavy atom. The fourth-order valence-corrected chi connectivity index (χ4v) is 1.79. The summed E-state index contributed by atoms with van der Waals surface area (Å²) in [6.45, 7) is 6.21. The monoisotopic (exact) mass is 323 g/mol. The van der Waals surface area contributed by atoms with E-state index in [9.17, 15) is 9.50 Å². The highest BCUT2D eigenvalue weighted by atomic mass is 79.9. The van der Waals surface area contributed by atoms with Gasteiger partial charge in [-0.15, -0.1) is 0 Å². The van der Waals surface area contributed by atoms with Gasteiger partial charge in [-0.05, 0) is 42.8 Å². The van der Waals surface area contributed by atoms with Gasteiger partial charge in [0.1, 0.15) is 5.82 Å². The van der Waals surface area contributed by atoms with Crippen LogP contribution in [0.5, 0.6) is 0 Å². The van der Waals surface area contributed by atoms with Crippen molar-refractivity contribution in [1.29, 1.82) is 0 Å². The summed E-state index contributed by atoms with van der Waals surface area (Å²) in [5.74, 6) is -0.579. The Hall–Kier alpha value is -0.160. The lowest BCUT2D eigenvalue weighted by molar-refractivity contribution is 0.159. The smallest absolute Gasteiger partial charge is 0.148 e. The number of nitrogens with one attached hydrogen (secondary N) is 1. The number of benzene rings is 1. The molecule has 2 nitrogen and oxygen atoms in total. The van der Waals surface area contributed by atoms with Crippen molar-refractivity contribution < 1.29 is 9.50 Å². The number of hydrogen-bond donors (Lipinski definition) is 2. The van der Waals surface area contributed by atoms with E-state index < -0.39 is 11.9 Å². The molecule has 0 saturated carbocycles. The van der Waals surface area contributed by atoms with Gasteiger partial charge < -0.3 is 10.4 Å². The van der Waals surface area contributed by atoms with Crippen molar-refractivity contribution in [2.45, 2.75) is 32.4 Å². The van der Waals surface area contributed by atoms with E-state index in [1.54, 1.807) is 6.07 Å². The van der Waals surface area contributed by atoms with Crippen LogP contribution in [0.25, 0.3) is 0 Å². The van der Waals surface area contributed by atoms with Crippen LogP contribution in [0.3, 0.4) is 0 Å². The molecule has 0 amide bonds. The van der Waals surface area contributed by atoms with Gasteiger partial charge in [0, 0.05) is 22.1 Å². The molecule has 5 heteroatoms. The van der Waals surface area contributed by atoms with E-state index in [1.807, 2.05) is 20.8 Å². The number of halogens is 3. The Bertz CT molecular complexity index is 406. The SMILES string of the molecule is CC(C)(C)NCC(O)c1ccc(Br)c(Cl)c1F. The highest BCUT2D eigenvalue weighted by molar-refractivity contribution is 9.10. The Kier molecular flexibility index (Phi) is 4.95. The summed E-state index contributed by atoms with van der Waals surface area (Å²) in [5.41, 5.74) is 0.0753. The summed E-state index contributed by atoms with van der Waals surface area (Å²) in [7, 11) is 0. The largest absolute Gasteiger partial charge is 0.387 e. The number of β-amino-alcohol motifs (C(OH)–C–C–N with tert-alkyl or cyclic N) is 1.